The Bertz CT molecular complexity index is 842. The first-order valence-electron chi connectivity index (χ1n) is 7.82. The lowest BCUT2D eigenvalue weighted by Crippen LogP contribution is -2.14. The molecular weight excluding hydrogens is 354 g/mol. The van der Waals surface area contributed by atoms with Gasteiger partial charge in [-0.05, 0) is 49.4 Å². The van der Waals surface area contributed by atoms with Gasteiger partial charge in [0.15, 0.2) is 0 Å². The zero-order chi connectivity index (χ0) is 18.9. The van der Waals surface area contributed by atoms with Crippen molar-refractivity contribution in [2.75, 3.05) is 24.4 Å². The van der Waals surface area contributed by atoms with Crippen molar-refractivity contribution in [3.05, 3.63) is 59.3 Å². The molecule has 0 aromatic heterocycles. The van der Waals surface area contributed by atoms with E-state index in [0.29, 0.717) is 34.5 Å². The SMILES string of the molecule is CCOc1ccc(NC(=O)/C(C#N)=C\Nc2cc(Cl)ccc2OC)cc1. The number of anilines is 2. The van der Waals surface area contributed by atoms with Crippen LogP contribution >= 0.6 is 11.6 Å². The number of benzene rings is 2. The molecule has 2 N–H and O–H groups in total. The largest absolute Gasteiger partial charge is 0.495 e. The predicted molar refractivity (Wildman–Crippen MR) is 102 cm³/mol. The number of nitriles is 1. The molecular formula is C19H18ClN3O3. The first-order valence-corrected chi connectivity index (χ1v) is 8.19. The summed E-state index contributed by atoms with van der Waals surface area (Å²) in [5, 5.41) is 15.3. The van der Waals surface area contributed by atoms with Gasteiger partial charge in [-0.2, -0.15) is 5.26 Å². The zero-order valence-electron chi connectivity index (χ0n) is 14.4. The Kier molecular flexibility index (Phi) is 6.89. The number of nitrogens with zero attached hydrogens (tertiary/aromatic N) is 1. The molecule has 2 aromatic carbocycles. The van der Waals surface area contributed by atoms with Gasteiger partial charge < -0.3 is 20.1 Å². The molecule has 0 bridgehead atoms. The summed E-state index contributed by atoms with van der Waals surface area (Å²) in [4.78, 5) is 12.3. The molecule has 0 aliphatic heterocycles. The number of amides is 1. The fraction of sp³-hybridized carbons (Fsp3) is 0.158. The van der Waals surface area contributed by atoms with Gasteiger partial charge in [0.25, 0.3) is 5.91 Å². The maximum atomic E-state index is 12.3. The average molecular weight is 372 g/mol. The van der Waals surface area contributed by atoms with Crippen molar-refractivity contribution in [1.82, 2.24) is 0 Å². The van der Waals surface area contributed by atoms with E-state index in [1.807, 2.05) is 13.0 Å². The lowest BCUT2D eigenvalue weighted by molar-refractivity contribution is -0.112. The van der Waals surface area contributed by atoms with E-state index in [9.17, 15) is 10.1 Å². The smallest absolute Gasteiger partial charge is 0.267 e. The van der Waals surface area contributed by atoms with Crippen molar-refractivity contribution in [1.29, 1.82) is 5.26 Å². The fourth-order valence-electron chi connectivity index (χ4n) is 2.09. The van der Waals surface area contributed by atoms with Crippen molar-refractivity contribution >= 4 is 28.9 Å². The topological polar surface area (TPSA) is 83.4 Å². The van der Waals surface area contributed by atoms with Crippen LogP contribution in [0.25, 0.3) is 0 Å². The van der Waals surface area contributed by atoms with Crippen LogP contribution in [0.3, 0.4) is 0 Å². The van der Waals surface area contributed by atoms with Gasteiger partial charge in [0.1, 0.15) is 23.1 Å². The minimum absolute atomic E-state index is 0.0964. The lowest BCUT2D eigenvalue weighted by Gasteiger charge is -2.09. The van der Waals surface area contributed by atoms with E-state index >= 15 is 0 Å². The summed E-state index contributed by atoms with van der Waals surface area (Å²) in [7, 11) is 1.52. The van der Waals surface area contributed by atoms with Crippen LogP contribution in [0.4, 0.5) is 11.4 Å². The average Bonchev–Trinajstić information content (AvgIpc) is 2.64. The summed E-state index contributed by atoms with van der Waals surface area (Å²) in [6, 6.07) is 13.7. The predicted octanol–water partition coefficient (Wildman–Crippen LogP) is 4.21. The molecule has 0 aliphatic rings. The van der Waals surface area contributed by atoms with Crippen LogP contribution in [0.15, 0.2) is 54.2 Å². The second kappa shape index (κ2) is 9.35. The van der Waals surface area contributed by atoms with Gasteiger partial charge in [-0.25, -0.2) is 0 Å². The number of hydrogen-bond donors (Lipinski definition) is 2. The van der Waals surface area contributed by atoms with Crippen LogP contribution in [0.2, 0.25) is 5.02 Å². The van der Waals surface area contributed by atoms with Gasteiger partial charge >= 0.3 is 0 Å². The number of ether oxygens (including phenoxy) is 2. The van der Waals surface area contributed by atoms with Crippen molar-refractivity contribution in [3.63, 3.8) is 0 Å². The molecule has 0 fully saturated rings. The number of rotatable bonds is 7. The molecule has 2 rings (SSSR count). The summed E-state index contributed by atoms with van der Waals surface area (Å²) in [6.45, 7) is 2.45. The molecule has 0 heterocycles. The van der Waals surface area contributed by atoms with E-state index < -0.39 is 5.91 Å². The molecule has 1 amide bonds. The van der Waals surface area contributed by atoms with Crippen LogP contribution in [-0.2, 0) is 4.79 Å². The Hall–Kier alpha value is -3.17. The lowest BCUT2D eigenvalue weighted by atomic mass is 10.2. The molecule has 2 aromatic rings. The van der Waals surface area contributed by atoms with E-state index in [0.717, 1.165) is 0 Å². The molecule has 0 aliphatic carbocycles. The van der Waals surface area contributed by atoms with Gasteiger partial charge in [-0.3, -0.25) is 4.79 Å². The van der Waals surface area contributed by atoms with Crippen molar-refractivity contribution < 1.29 is 14.3 Å². The minimum Gasteiger partial charge on any atom is -0.495 e. The summed E-state index contributed by atoms with van der Waals surface area (Å²) >= 11 is 5.96. The van der Waals surface area contributed by atoms with Gasteiger partial charge in [-0.1, -0.05) is 11.6 Å². The molecule has 7 heteroatoms. The van der Waals surface area contributed by atoms with Gasteiger partial charge in [0.05, 0.1) is 19.4 Å². The number of carbonyl (C=O) groups is 1. The molecule has 0 atom stereocenters. The monoisotopic (exact) mass is 371 g/mol. The Morgan fingerprint density at radius 3 is 2.62 bits per heavy atom. The highest BCUT2D eigenvalue weighted by atomic mass is 35.5. The Balaban J connectivity index is 2.09. The van der Waals surface area contributed by atoms with Crippen LogP contribution in [-0.4, -0.2) is 19.6 Å². The normalized spacial score (nSPS) is 10.6. The highest BCUT2D eigenvalue weighted by Crippen LogP contribution is 2.27. The van der Waals surface area contributed by atoms with Crippen molar-refractivity contribution in [2.45, 2.75) is 6.92 Å². The first-order chi connectivity index (χ1) is 12.6. The minimum atomic E-state index is -0.537. The summed E-state index contributed by atoms with van der Waals surface area (Å²) in [5.41, 5.74) is 1.00. The quantitative estimate of drug-likeness (QED) is 0.562. The molecule has 0 spiro atoms. The Labute approximate surface area is 157 Å². The highest BCUT2D eigenvalue weighted by molar-refractivity contribution is 6.31. The van der Waals surface area contributed by atoms with Crippen LogP contribution in [0.1, 0.15) is 6.92 Å². The van der Waals surface area contributed by atoms with E-state index in [1.165, 1.54) is 13.3 Å². The third kappa shape index (κ3) is 5.16. The maximum Gasteiger partial charge on any atom is 0.267 e. The molecule has 0 saturated heterocycles. The molecule has 0 unspecified atom stereocenters. The summed E-state index contributed by atoms with van der Waals surface area (Å²) < 4.78 is 10.6. The Morgan fingerprint density at radius 2 is 2.00 bits per heavy atom. The zero-order valence-corrected chi connectivity index (χ0v) is 15.1. The second-order valence-corrected chi connectivity index (χ2v) is 5.51. The van der Waals surface area contributed by atoms with Gasteiger partial charge in [0.2, 0.25) is 0 Å². The first kappa shape index (κ1) is 19.2. The van der Waals surface area contributed by atoms with Gasteiger partial charge in [-0.15, -0.1) is 0 Å². The van der Waals surface area contributed by atoms with E-state index in [1.54, 1.807) is 42.5 Å². The number of nitrogens with one attached hydrogen (secondary N) is 2. The van der Waals surface area contributed by atoms with E-state index in [4.69, 9.17) is 21.1 Å². The summed E-state index contributed by atoms with van der Waals surface area (Å²) in [6.07, 6.45) is 1.30. The van der Waals surface area contributed by atoms with Crippen molar-refractivity contribution in [3.8, 4) is 17.6 Å². The highest BCUT2D eigenvalue weighted by Gasteiger charge is 2.10. The van der Waals surface area contributed by atoms with Crippen LogP contribution in [0, 0.1) is 11.3 Å². The molecule has 134 valence electrons. The molecule has 0 radical (unpaired) electrons. The van der Waals surface area contributed by atoms with E-state index in [2.05, 4.69) is 10.6 Å². The second-order valence-electron chi connectivity index (χ2n) is 5.07. The molecule has 0 saturated carbocycles. The number of carbonyl (C=O) groups excluding carboxylic acids is 1. The molecule has 26 heavy (non-hydrogen) atoms. The maximum absolute atomic E-state index is 12.3. The van der Waals surface area contributed by atoms with E-state index in [-0.39, 0.29) is 5.57 Å². The number of hydrogen-bond acceptors (Lipinski definition) is 5. The third-order valence-corrected chi connectivity index (χ3v) is 3.56. The van der Waals surface area contributed by atoms with Crippen molar-refractivity contribution in [2.24, 2.45) is 0 Å². The molecule has 6 nitrogen and oxygen atoms in total. The van der Waals surface area contributed by atoms with Gasteiger partial charge in [0, 0.05) is 16.9 Å². The number of methoxy groups -OCH3 is 1. The summed E-state index contributed by atoms with van der Waals surface area (Å²) in [5.74, 6) is 0.705. The third-order valence-electron chi connectivity index (χ3n) is 3.32. The Morgan fingerprint density at radius 1 is 1.27 bits per heavy atom. The van der Waals surface area contributed by atoms with Crippen LogP contribution in [0.5, 0.6) is 11.5 Å². The van der Waals surface area contributed by atoms with Crippen LogP contribution < -0.4 is 20.1 Å². The standard InChI is InChI=1S/C19H18ClN3O3/c1-3-26-16-7-5-15(6-8-16)23-19(24)13(11-21)12-22-17-10-14(20)4-9-18(17)25-2/h4-10,12,22H,3H2,1-2H3,(H,23,24)/b13-12-. The number of halogens is 1. The fourth-order valence-corrected chi connectivity index (χ4v) is 2.26.